The van der Waals surface area contributed by atoms with Crippen molar-refractivity contribution in [1.29, 1.82) is 0 Å². The standard InChI is InChI=1S/C17H19FN2O/c1-19-8-7-14(10-17(19)21)12-20(16-5-6-16)11-13-3-2-4-15(18)9-13/h2-4,7-10,16H,5-6,11-12H2,1H3. The summed E-state index contributed by atoms with van der Waals surface area (Å²) in [4.78, 5) is 14.0. The number of hydrogen-bond acceptors (Lipinski definition) is 2. The van der Waals surface area contributed by atoms with Gasteiger partial charge in [0.2, 0.25) is 0 Å². The molecule has 1 fully saturated rings. The lowest BCUT2D eigenvalue weighted by atomic mass is 10.2. The SMILES string of the molecule is Cn1ccc(CN(Cc2cccc(F)c2)C2CC2)cc1=O. The maximum atomic E-state index is 13.3. The molecule has 2 aromatic rings. The van der Waals surface area contributed by atoms with Crippen LogP contribution in [0.2, 0.25) is 0 Å². The van der Waals surface area contributed by atoms with Gasteiger partial charge in [-0.2, -0.15) is 0 Å². The average molecular weight is 286 g/mol. The number of aryl methyl sites for hydroxylation is 1. The van der Waals surface area contributed by atoms with Gasteiger partial charge in [0.1, 0.15) is 5.82 Å². The van der Waals surface area contributed by atoms with Gasteiger partial charge in [-0.3, -0.25) is 9.69 Å². The molecule has 0 N–H and O–H groups in total. The van der Waals surface area contributed by atoms with E-state index >= 15 is 0 Å². The van der Waals surface area contributed by atoms with Crippen LogP contribution in [0.3, 0.4) is 0 Å². The van der Waals surface area contributed by atoms with Gasteiger partial charge in [-0.1, -0.05) is 12.1 Å². The van der Waals surface area contributed by atoms with E-state index in [1.165, 1.54) is 18.9 Å². The molecule has 0 atom stereocenters. The van der Waals surface area contributed by atoms with Gasteiger partial charge in [0.25, 0.3) is 5.56 Å². The summed E-state index contributed by atoms with van der Waals surface area (Å²) < 4.78 is 14.9. The van der Waals surface area contributed by atoms with Gasteiger partial charge in [-0.15, -0.1) is 0 Å². The van der Waals surface area contributed by atoms with E-state index in [1.807, 2.05) is 12.1 Å². The Balaban J connectivity index is 1.75. The minimum atomic E-state index is -0.197. The molecule has 0 saturated heterocycles. The molecule has 3 nitrogen and oxygen atoms in total. The first-order valence-electron chi connectivity index (χ1n) is 7.26. The molecule has 3 rings (SSSR count). The molecule has 0 radical (unpaired) electrons. The predicted octanol–water partition coefficient (Wildman–Crippen LogP) is 2.69. The molecule has 0 unspecified atom stereocenters. The molecule has 1 aromatic heterocycles. The number of benzene rings is 1. The van der Waals surface area contributed by atoms with Gasteiger partial charge in [0.15, 0.2) is 0 Å². The van der Waals surface area contributed by atoms with Crippen LogP contribution in [0.1, 0.15) is 24.0 Å². The molecule has 1 saturated carbocycles. The van der Waals surface area contributed by atoms with Crippen molar-refractivity contribution in [3.05, 3.63) is 69.9 Å². The summed E-state index contributed by atoms with van der Waals surface area (Å²) in [6, 6.07) is 10.9. The average Bonchev–Trinajstić information content (AvgIpc) is 3.27. The van der Waals surface area contributed by atoms with E-state index in [-0.39, 0.29) is 11.4 Å². The Morgan fingerprint density at radius 1 is 1.19 bits per heavy atom. The van der Waals surface area contributed by atoms with E-state index in [9.17, 15) is 9.18 Å². The Morgan fingerprint density at radius 3 is 2.52 bits per heavy atom. The molecule has 1 aliphatic carbocycles. The van der Waals surface area contributed by atoms with Crippen LogP contribution in [-0.2, 0) is 20.1 Å². The van der Waals surface area contributed by atoms with Crippen molar-refractivity contribution in [3.8, 4) is 0 Å². The number of hydrogen-bond donors (Lipinski definition) is 0. The summed E-state index contributed by atoms with van der Waals surface area (Å²) in [5.41, 5.74) is 2.00. The van der Waals surface area contributed by atoms with E-state index in [2.05, 4.69) is 4.90 Å². The van der Waals surface area contributed by atoms with Crippen LogP contribution >= 0.6 is 0 Å². The summed E-state index contributed by atoms with van der Waals surface area (Å²) in [5.74, 6) is -0.197. The first-order chi connectivity index (χ1) is 10.1. The fourth-order valence-electron chi connectivity index (χ4n) is 2.55. The van der Waals surface area contributed by atoms with Crippen molar-refractivity contribution >= 4 is 0 Å². The zero-order chi connectivity index (χ0) is 14.8. The summed E-state index contributed by atoms with van der Waals surface area (Å²) in [6.07, 6.45) is 4.16. The number of pyridine rings is 1. The second-order valence-corrected chi connectivity index (χ2v) is 5.75. The zero-order valence-corrected chi connectivity index (χ0v) is 12.1. The third-order valence-electron chi connectivity index (χ3n) is 3.89. The predicted molar refractivity (Wildman–Crippen MR) is 80.4 cm³/mol. The van der Waals surface area contributed by atoms with Crippen molar-refractivity contribution < 1.29 is 4.39 Å². The minimum Gasteiger partial charge on any atom is -0.319 e. The van der Waals surface area contributed by atoms with E-state index in [0.29, 0.717) is 6.04 Å². The third kappa shape index (κ3) is 3.58. The molecule has 1 aliphatic rings. The van der Waals surface area contributed by atoms with Crippen LogP contribution in [0.5, 0.6) is 0 Å². The van der Waals surface area contributed by atoms with Gasteiger partial charge in [0, 0.05) is 38.4 Å². The topological polar surface area (TPSA) is 25.2 Å². The molecule has 0 amide bonds. The highest BCUT2D eigenvalue weighted by Crippen LogP contribution is 2.29. The molecule has 110 valence electrons. The quantitative estimate of drug-likeness (QED) is 0.844. The van der Waals surface area contributed by atoms with E-state index in [4.69, 9.17) is 0 Å². The highest BCUT2D eigenvalue weighted by molar-refractivity contribution is 5.17. The molecular formula is C17H19FN2O. The fraction of sp³-hybridized carbons (Fsp3) is 0.353. The lowest BCUT2D eigenvalue weighted by Gasteiger charge is -2.22. The van der Waals surface area contributed by atoms with E-state index in [0.717, 1.165) is 24.2 Å². The molecule has 0 aliphatic heterocycles. The van der Waals surface area contributed by atoms with Crippen molar-refractivity contribution in [2.24, 2.45) is 7.05 Å². The van der Waals surface area contributed by atoms with E-state index < -0.39 is 0 Å². The molecule has 4 heteroatoms. The van der Waals surface area contributed by atoms with Crippen LogP contribution in [0, 0.1) is 5.82 Å². The Kier molecular flexibility index (Phi) is 3.88. The number of halogens is 1. The number of rotatable bonds is 5. The maximum absolute atomic E-state index is 13.3. The van der Waals surface area contributed by atoms with Gasteiger partial charge in [-0.25, -0.2) is 4.39 Å². The lowest BCUT2D eigenvalue weighted by Crippen LogP contribution is -2.26. The third-order valence-corrected chi connectivity index (χ3v) is 3.89. The largest absolute Gasteiger partial charge is 0.319 e. The Labute approximate surface area is 123 Å². The molecule has 1 aromatic carbocycles. The van der Waals surface area contributed by atoms with Crippen molar-refractivity contribution in [2.75, 3.05) is 0 Å². The lowest BCUT2D eigenvalue weighted by molar-refractivity contribution is 0.245. The first kappa shape index (κ1) is 14.0. The van der Waals surface area contributed by atoms with Gasteiger partial charge in [0.05, 0.1) is 0 Å². The highest BCUT2D eigenvalue weighted by atomic mass is 19.1. The zero-order valence-electron chi connectivity index (χ0n) is 12.1. The van der Waals surface area contributed by atoms with Crippen molar-refractivity contribution in [3.63, 3.8) is 0 Å². The van der Waals surface area contributed by atoms with Crippen LogP contribution in [0.25, 0.3) is 0 Å². The minimum absolute atomic E-state index is 0.00834. The second kappa shape index (κ2) is 5.82. The number of nitrogens with zero attached hydrogens (tertiary/aromatic N) is 2. The van der Waals surface area contributed by atoms with Gasteiger partial charge >= 0.3 is 0 Å². The molecule has 1 heterocycles. The molecule has 0 bridgehead atoms. The van der Waals surface area contributed by atoms with Crippen LogP contribution in [-0.4, -0.2) is 15.5 Å². The van der Waals surface area contributed by atoms with Crippen LogP contribution in [0.4, 0.5) is 4.39 Å². The Morgan fingerprint density at radius 2 is 1.90 bits per heavy atom. The summed E-state index contributed by atoms with van der Waals surface area (Å²) in [5, 5.41) is 0. The molecule has 21 heavy (non-hydrogen) atoms. The Hall–Kier alpha value is -1.94. The smallest absolute Gasteiger partial charge is 0.250 e. The highest BCUT2D eigenvalue weighted by Gasteiger charge is 2.29. The van der Waals surface area contributed by atoms with Crippen molar-refractivity contribution in [2.45, 2.75) is 32.0 Å². The normalized spacial score (nSPS) is 14.6. The number of aromatic nitrogens is 1. The second-order valence-electron chi connectivity index (χ2n) is 5.75. The summed E-state index contributed by atoms with van der Waals surface area (Å²) in [7, 11) is 1.75. The van der Waals surface area contributed by atoms with Gasteiger partial charge in [-0.05, 0) is 42.2 Å². The molecular weight excluding hydrogens is 267 g/mol. The van der Waals surface area contributed by atoms with Gasteiger partial charge < -0.3 is 4.57 Å². The van der Waals surface area contributed by atoms with Crippen LogP contribution < -0.4 is 5.56 Å². The fourth-order valence-corrected chi connectivity index (χ4v) is 2.55. The monoisotopic (exact) mass is 286 g/mol. The summed E-state index contributed by atoms with van der Waals surface area (Å²) in [6.45, 7) is 1.45. The summed E-state index contributed by atoms with van der Waals surface area (Å²) >= 11 is 0. The van der Waals surface area contributed by atoms with Crippen molar-refractivity contribution in [1.82, 2.24) is 9.47 Å². The maximum Gasteiger partial charge on any atom is 0.250 e. The van der Waals surface area contributed by atoms with E-state index in [1.54, 1.807) is 36.0 Å². The van der Waals surface area contributed by atoms with Crippen LogP contribution in [0.15, 0.2) is 47.4 Å². The molecule has 0 spiro atoms. The first-order valence-corrected chi connectivity index (χ1v) is 7.26. The Bertz CT molecular complexity index is 691.